The molecule has 0 radical (unpaired) electrons. The van der Waals surface area contributed by atoms with E-state index < -0.39 is 5.97 Å². The second-order valence-corrected chi connectivity index (χ2v) is 4.29. The molecular formula is C13H13ClFN3O2. The van der Waals surface area contributed by atoms with Gasteiger partial charge in [0.2, 0.25) is 0 Å². The van der Waals surface area contributed by atoms with Crippen LogP contribution in [0.2, 0.25) is 0 Å². The molecule has 2 rings (SSSR count). The lowest BCUT2D eigenvalue weighted by atomic mass is 10.2. The smallest absolute Gasteiger partial charge is 0.360 e. The number of aromatic nitrogens is 3. The molecule has 2 aromatic rings. The Bertz CT molecular complexity index is 598. The molecule has 0 atom stereocenters. The average Bonchev–Trinajstić information content (AvgIpc) is 2.84. The number of hydrogen-bond donors (Lipinski definition) is 0. The maximum absolute atomic E-state index is 12.8. The molecule has 7 heteroatoms. The van der Waals surface area contributed by atoms with E-state index in [4.69, 9.17) is 16.3 Å². The highest BCUT2D eigenvalue weighted by atomic mass is 35.5. The molecule has 1 aromatic carbocycles. The zero-order valence-corrected chi connectivity index (χ0v) is 11.6. The Kier molecular flexibility index (Phi) is 4.68. The SMILES string of the molecule is CCOC(=O)c1nnn(Cc2ccc(F)cc2)c1CCl. The van der Waals surface area contributed by atoms with E-state index in [1.165, 1.54) is 16.8 Å². The van der Waals surface area contributed by atoms with Crippen LogP contribution in [0.25, 0.3) is 0 Å². The van der Waals surface area contributed by atoms with Gasteiger partial charge in [-0.05, 0) is 24.6 Å². The largest absolute Gasteiger partial charge is 0.461 e. The average molecular weight is 298 g/mol. The van der Waals surface area contributed by atoms with Crippen LogP contribution in [-0.2, 0) is 17.2 Å². The fourth-order valence-electron chi connectivity index (χ4n) is 1.71. The van der Waals surface area contributed by atoms with Crippen LogP contribution in [0.1, 0.15) is 28.7 Å². The van der Waals surface area contributed by atoms with Gasteiger partial charge in [0.25, 0.3) is 0 Å². The van der Waals surface area contributed by atoms with Crippen LogP contribution >= 0.6 is 11.6 Å². The number of benzene rings is 1. The van der Waals surface area contributed by atoms with Crippen LogP contribution in [0.15, 0.2) is 24.3 Å². The van der Waals surface area contributed by atoms with Crippen molar-refractivity contribution in [3.05, 3.63) is 47.0 Å². The third kappa shape index (κ3) is 3.14. The van der Waals surface area contributed by atoms with Crippen LogP contribution in [0.3, 0.4) is 0 Å². The van der Waals surface area contributed by atoms with Crippen molar-refractivity contribution in [1.82, 2.24) is 15.0 Å². The van der Waals surface area contributed by atoms with Crippen molar-refractivity contribution < 1.29 is 13.9 Å². The van der Waals surface area contributed by atoms with Crippen LogP contribution < -0.4 is 0 Å². The normalized spacial score (nSPS) is 10.6. The molecular weight excluding hydrogens is 285 g/mol. The predicted molar refractivity (Wildman–Crippen MR) is 71.0 cm³/mol. The molecule has 0 amide bonds. The van der Waals surface area contributed by atoms with Gasteiger partial charge in [-0.2, -0.15) is 0 Å². The summed E-state index contributed by atoms with van der Waals surface area (Å²) in [7, 11) is 0. The van der Waals surface area contributed by atoms with Gasteiger partial charge >= 0.3 is 5.97 Å². The second kappa shape index (κ2) is 6.47. The number of carbonyl (C=O) groups is 1. The minimum absolute atomic E-state index is 0.0857. The van der Waals surface area contributed by atoms with Gasteiger partial charge in [0.15, 0.2) is 5.69 Å². The van der Waals surface area contributed by atoms with Crippen LogP contribution in [0, 0.1) is 5.82 Å². The summed E-state index contributed by atoms with van der Waals surface area (Å²) in [6, 6.07) is 6.00. The highest BCUT2D eigenvalue weighted by Gasteiger charge is 2.20. The van der Waals surface area contributed by atoms with E-state index in [0.717, 1.165) is 5.56 Å². The Labute approximate surface area is 120 Å². The van der Waals surface area contributed by atoms with Gasteiger partial charge < -0.3 is 4.74 Å². The Balaban J connectivity index is 2.24. The molecule has 0 saturated carbocycles. The van der Waals surface area contributed by atoms with Crippen molar-refractivity contribution in [1.29, 1.82) is 0 Å². The maximum atomic E-state index is 12.8. The first-order valence-electron chi connectivity index (χ1n) is 6.05. The van der Waals surface area contributed by atoms with Crippen LogP contribution in [-0.4, -0.2) is 27.6 Å². The molecule has 1 aromatic heterocycles. The molecule has 20 heavy (non-hydrogen) atoms. The molecule has 1 heterocycles. The fraction of sp³-hybridized carbons (Fsp3) is 0.308. The molecule has 0 fully saturated rings. The zero-order valence-electron chi connectivity index (χ0n) is 10.8. The van der Waals surface area contributed by atoms with Crippen LogP contribution in [0.4, 0.5) is 4.39 Å². The second-order valence-electron chi connectivity index (χ2n) is 4.02. The Hall–Kier alpha value is -1.95. The Morgan fingerprint density at radius 2 is 2.10 bits per heavy atom. The number of alkyl halides is 1. The van der Waals surface area contributed by atoms with Crippen molar-refractivity contribution in [2.75, 3.05) is 6.61 Å². The lowest BCUT2D eigenvalue weighted by Crippen LogP contribution is -2.10. The monoisotopic (exact) mass is 297 g/mol. The molecule has 0 saturated heterocycles. The molecule has 5 nitrogen and oxygen atoms in total. The van der Waals surface area contributed by atoms with Crippen molar-refractivity contribution >= 4 is 17.6 Å². The minimum Gasteiger partial charge on any atom is -0.461 e. The van der Waals surface area contributed by atoms with Crippen molar-refractivity contribution in [2.45, 2.75) is 19.3 Å². The molecule has 0 aliphatic rings. The molecule has 0 aliphatic heterocycles. The van der Waals surface area contributed by atoms with E-state index in [-0.39, 0.29) is 24.0 Å². The van der Waals surface area contributed by atoms with Gasteiger partial charge in [-0.25, -0.2) is 13.9 Å². The first kappa shape index (κ1) is 14.5. The number of carbonyl (C=O) groups excluding carboxylic acids is 1. The zero-order chi connectivity index (χ0) is 14.5. The summed E-state index contributed by atoms with van der Waals surface area (Å²) >= 11 is 5.85. The highest BCUT2D eigenvalue weighted by Crippen LogP contribution is 2.13. The van der Waals surface area contributed by atoms with Gasteiger partial charge in [0, 0.05) is 0 Å². The third-order valence-electron chi connectivity index (χ3n) is 2.68. The van der Waals surface area contributed by atoms with E-state index in [1.54, 1.807) is 19.1 Å². The van der Waals surface area contributed by atoms with Crippen molar-refractivity contribution in [2.24, 2.45) is 0 Å². The number of nitrogens with zero attached hydrogens (tertiary/aromatic N) is 3. The number of halogens is 2. The van der Waals surface area contributed by atoms with E-state index in [0.29, 0.717) is 12.2 Å². The Morgan fingerprint density at radius 1 is 1.40 bits per heavy atom. The minimum atomic E-state index is -0.548. The lowest BCUT2D eigenvalue weighted by Gasteiger charge is -2.05. The van der Waals surface area contributed by atoms with Crippen molar-refractivity contribution in [3.63, 3.8) is 0 Å². The lowest BCUT2D eigenvalue weighted by molar-refractivity contribution is 0.0518. The molecule has 0 bridgehead atoms. The predicted octanol–water partition coefficient (Wildman–Crippen LogP) is 2.38. The van der Waals surface area contributed by atoms with Gasteiger partial charge in [0.05, 0.1) is 24.7 Å². The molecule has 0 unspecified atom stereocenters. The van der Waals surface area contributed by atoms with E-state index in [1.807, 2.05) is 0 Å². The van der Waals surface area contributed by atoms with Gasteiger partial charge in [0.1, 0.15) is 5.82 Å². The van der Waals surface area contributed by atoms with Crippen LogP contribution in [0.5, 0.6) is 0 Å². The first-order valence-corrected chi connectivity index (χ1v) is 6.59. The molecule has 106 valence electrons. The quantitative estimate of drug-likeness (QED) is 0.628. The molecule has 0 N–H and O–H groups in total. The number of hydrogen-bond acceptors (Lipinski definition) is 4. The standard InChI is InChI=1S/C13H13ClFN3O2/c1-2-20-13(19)12-11(7-14)18(17-16-12)8-9-3-5-10(15)6-4-9/h3-6H,2,7-8H2,1H3. The highest BCUT2D eigenvalue weighted by molar-refractivity contribution is 6.17. The summed E-state index contributed by atoms with van der Waals surface area (Å²) in [5, 5.41) is 7.69. The Morgan fingerprint density at radius 3 is 2.70 bits per heavy atom. The number of rotatable bonds is 5. The first-order chi connectivity index (χ1) is 9.65. The van der Waals surface area contributed by atoms with Gasteiger partial charge in [-0.3, -0.25) is 0 Å². The van der Waals surface area contributed by atoms with Gasteiger partial charge in [-0.1, -0.05) is 17.3 Å². The summed E-state index contributed by atoms with van der Waals surface area (Å²) in [5.74, 6) is -0.770. The fourth-order valence-corrected chi connectivity index (χ4v) is 1.98. The summed E-state index contributed by atoms with van der Waals surface area (Å²) in [5.41, 5.74) is 1.43. The molecule has 0 spiro atoms. The van der Waals surface area contributed by atoms with Crippen molar-refractivity contribution in [3.8, 4) is 0 Å². The van der Waals surface area contributed by atoms with E-state index >= 15 is 0 Å². The number of ether oxygens (including phenoxy) is 1. The van der Waals surface area contributed by atoms with Gasteiger partial charge in [-0.15, -0.1) is 16.7 Å². The van der Waals surface area contributed by atoms with E-state index in [2.05, 4.69) is 10.3 Å². The maximum Gasteiger partial charge on any atom is 0.360 e. The molecule has 0 aliphatic carbocycles. The summed E-state index contributed by atoms with van der Waals surface area (Å²) < 4.78 is 19.2. The summed E-state index contributed by atoms with van der Waals surface area (Å²) in [6.07, 6.45) is 0. The summed E-state index contributed by atoms with van der Waals surface area (Å²) in [6.45, 7) is 2.32. The van der Waals surface area contributed by atoms with E-state index in [9.17, 15) is 9.18 Å². The number of esters is 1. The third-order valence-corrected chi connectivity index (χ3v) is 2.93. The summed E-state index contributed by atoms with van der Waals surface area (Å²) in [4.78, 5) is 11.7. The topological polar surface area (TPSA) is 57.0 Å².